The molecule has 0 saturated carbocycles. The predicted molar refractivity (Wildman–Crippen MR) is 120 cm³/mol. The fourth-order valence-corrected chi connectivity index (χ4v) is 4.53. The second-order valence-corrected chi connectivity index (χ2v) is 8.84. The minimum Gasteiger partial charge on any atom is -0.294 e. The SMILES string of the molecule is CC1(C)CC(=O)c2c(nc3[nH]n(-c4ccccc4)c(=O)c3c2-c2ccccc2[N+](=O)[O-])C1. The molecule has 0 atom stereocenters. The van der Waals surface area contributed by atoms with E-state index in [0.717, 1.165) is 0 Å². The van der Waals surface area contributed by atoms with Crippen LogP contribution in [0.4, 0.5) is 5.69 Å². The Morgan fingerprint density at radius 1 is 1.00 bits per heavy atom. The first kappa shape index (κ1) is 19.9. The van der Waals surface area contributed by atoms with Crippen LogP contribution in [0.15, 0.2) is 59.4 Å². The Morgan fingerprint density at radius 2 is 1.69 bits per heavy atom. The highest BCUT2D eigenvalue weighted by Crippen LogP contribution is 2.42. The van der Waals surface area contributed by atoms with Crippen molar-refractivity contribution in [1.29, 1.82) is 0 Å². The van der Waals surface area contributed by atoms with Gasteiger partial charge in [0.25, 0.3) is 11.2 Å². The van der Waals surface area contributed by atoms with Gasteiger partial charge >= 0.3 is 0 Å². The number of rotatable bonds is 3. The Balaban J connectivity index is 1.94. The quantitative estimate of drug-likeness (QED) is 0.383. The van der Waals surface area contributed by atoms with E-state index in [2.05, 4.69) is 10.1 Å². The molecule has 8 nitrogen and oxygen atoms in total. The zero-order valence-corrected chi connectivity index (χ0v) is 17.6. The molecule has 1 aliphatic rings. The standard InChI is InChI=1S/C24H20N4O4/c1-24(2)12-16-20(18(29)13-24)19(15-10-6-7-11-17(15)28(31)32)21-22(25-16)26-27(23(21)30)14-8-4-3-5-9-14/h3-11H,12-13H2,1-2H3,(H,25,26). The van der Waals surface area contributed by atoms with Gasteiger partial charge in [0, 0.05) is 23.6 Å². The first-order valence-electron chi connectivity index (χ1n) is 10.3. The van der Waals surface area contributed by atoms with Crippen molar-refractivity contribution < 1.29 is 9.72 Å². The van der Waals surface area contributed by atoms with Gasteiger partial charge in [0.2, 0.25) is 0 Å². The number of hydrogen-bond acceptors (Lipinski definition) is 5. The fraction of sp³-hybridized carbons (Fsp3) is 0.208. The lowest BCUT2D eigenvalue weighted by atomic mass is 9.73. The molecule has 0 unspecified atom stereocenters. The molecule has 0 radical (unpaired) electrons. The summed E-state index contributed by atoms with van der Waals surface area (Å²) in [6, 6.07) is 15.2. The second kappa shape index (κ2) is 6.98. The van der Waals surface area contributed by atoms with Crippen molar-refractivity contribution in [3.63, 3.8) is 0 Å². The molecule has 5 rings (SSSR count). The predicted octanol–water partition coefficient (Wildman–Crippen LogP) is 4.44. The van der Waals surface area contributed by atoms with Crippen molar-refractivity contribution in [2.45, 2.75) is 26.7 Å². The molecule has 2 heterocycles. The molecule has 1 aliphatic carbocycles. The molecule has 0 amide bonds. The van der Waals surface area contributed by atoms with E-state index < -0.39 is 10.5 Å². The number of para-hydroxylation sites is 2. The zero-order valence-electron chi connectivity index (χ0n) is 17.6. The number of nitrogens with one attached hydrogen (secondary N) is 1. The van der Waals surface area contributed by atoms with Crippen molar-refractivity contribution in [1.82, 2.24) is 14.8 Å². The number of hydrogen-bond donors (Lipinski definition) is 1. The van der Waals surface area contributed by atoms with Gasteiger partial charge in [-0.2, -0.15) is 0 Å². The Morgan fingerprint density at radius 3 is 2.41 bits per heavy atom. The van der Waals surface area contributed by atoms with Gasteiger partial charge < -0.3 is 0 Å². The van der Waals surface area contributed by atoms with Crippen molar-refractivity contribution in [2.75, 3.05) is 0 Å². The Labute approximate surface area is 182 Å². The number of ketones is 1. The maximum atomic E-state index is 13.5. The van der Waals surface area contributed by atoms with E-state index in [-0.39, 0.29) is 39.8 Å². The third-order valence-corrected chi connectivity index (χ3v) is 5.86. The number of benzene rings is 2. The van der Waals surface area contributed by atoms with Crippen LogP contribution in [0.25, 0.3) is 27.8 Å². The summed E-state index contributed by atoms with van der Waals surface area (Å²) in [5, 5.41) is 15.0. The van der Waals surface area contributed by atoms with Gasteiger partial charge in [-0.15, -0.1) is 0 Å². The average Bonchev–Trinajstić information content (AvgIpc) is 3.08. The number of fused-ring (bicyclic) bond motifs is 2. The van der Waals surface area contributed by atoms with Gasteiger partial charge in [0.15, 0.2) is 11.4 Å². The summed E-state index contributed by atoms with van der Waals surface area (Å²) in [7, 11) is 0. The minimum atomic E-state index is -0.492. The number of aromatic nitrogens is 3. The smallest absolute Gasteiger partial charge is 0.281 e. The number of aromatic amines is 1. The molecule has 32 heavy (non-hydrogen) atoms. The summed E-state index contributed by atoms with van der Waals surface area (Å²) in [5.41, 5.74) is 1.42. The maximum absolute atomic E-state index is 13.5. The highest BCUT2D eigenvalue weighted by molar-refractivity contribution is 6.11. The van der Waals surface area contributed by atoms with E-state index in [0.29, 0.717) is 29.0 Å². The highest BCUT2D eigenvalue weighted by Gasteiger charge is 2.37. The molecule has 2 aromatic carbocycles. The lowest BCUT2D eigenvalue weighted by Gasteiger charge is -2.30. The van der Waals surface area contributed by atoms with Crippen molar-refractivity contribution in [3.05, 3.63) is 86.3 Å². The van der Waals surface area contributed by atoms with Crippen molar-refractivity contribution in [3.8, 4) is 16.8 Å². The molecular formula is C24H20N4O4. The maximum Gasteiger partial charge on any atom is 0.281 e. The topological polar surface area (TPSA) is 111 Å². The molecule has 8 heteroatoms. The molecule has 0 spiro atoms. The van der Waals surface area contributed by atoms with Crippen molar-refractivity contribution >= 4 is 22.5 Å². The molecule has 1 N–H and O–H groups in total. The van der Waals surface area contributed by atoms with Crippen molar-refractivity contribution in [2.24, 2.45) is 5.41 Å². The van der Waals surface area contributed by atoms with E-state index in [1.807, 2.05) is 19.9 Å². The highest BCUT2D eigenvalue weighted by atomic mass is 16.6. The van der Waals surface area contributed by atoms with Gasteiger partial charge in [-0.25, -0.2) is 9.67 Å². The summed E-state index contributed by atoms with van der Waals surface area (Å²) < 4.78 is 1.36. The normalized spacial score (nSPS) is 15.0. The summed E-state index contributed by atoms with van der Waals surface area (Å²) in [6.45, 7) is 3.98. The number of H-pyrrole nitrogens is 1. The summed E-state index contributed by atoms with van der Waals surface area (Å²) >= 11 is 0. The first-order valence-corrected chi connectivity index (χ1v) is 10.3. The number of nitro benzene ring substituents is 1. The molecule has 2 aromatic heterocycles. The van der Waals surface area contributed by atoms with Gasteiger partial charge in [-0.1, -0.05) is 44.2 Å². The molecular weight excluding hydrogens is 408 g/mol. The number of pyridine rings is 1. The number of nitro groups is 1. The van der Waals surface area contributed by atoms with Crippen LogP contribution in [-0.4, -0.2) is 25.5 Å². The molecule has 4 aromatic rings. The van der Waals surface area contributed by atoms with Crippen LogP contribution in [0.1, 0.15) is 36.3 Å². The zero-order chi connectivity index (χ0) is 22.6. The van der Waals surface area contributed by atoms with Gasteiger partial charge in [0.1, 0.15) is 0 Å². The van der Waals surface area contributed by atoms with Gasteiger partial charge in [-0.3, -0.25) is 24.8 Å². The van der Waals surface area contributed by atoms with Crippen LogP contribution in [0.2, 0.25) is 0 Å². The summed E-state index contributed by atoms with van der Waals surface area (Å²) in [4.78, 5) is 42.8. The minimum absolute atomic E-state index is 0.160. The van der Waals surface area contributed by atoms with Crippen LogP contribution < -0.4 is 5.56 Å². The number of Topliss-reactive ketones (excluding diaryl/α,β-unsaturated/α-hetero) is 1. The summed E-state index contributed by atoms with van der Waals surface area (Å²) in [6.07, 6.45) is 0.800. The van der Waals surface area contributed by atoms with Gasteiger partial charge in [0.05, 0.1) is 27.3 Å². The number of carbonyl (C=O) groups is 1. The lowest BCUT2D eigenvalue weighted by Crippen LogP contribution is -2.29. The molecule has 0 bridgehead atoms. The van der Waals surface area contributed by atoms with E-state index >= 15 is 0 Å². The van der Waals surface area contributed by atoms with Crippen LogP contribution in [0, 0.1) is 15.5 Å². The first-order chi connectivity index (χ1) is 15.3. The van der Waals surface area contributed by atoms with Crippen LogP contribution in [0.5, 0.6) is 0 Å². The van der Waals surface area contributed by atoms with E-state index in [9.17, 15) is 19.7 Å². The molecule has 0 aliphatic heterocycles. The Kier molecular flexibility index (Phi) is 4.33. The van der Waals surface area contributed by atoms with E-state index in [1.54, 1.807) is 42.5 Å². The number of nitrogens with zero attached hydrogens (tertiary/aromatic N) is 3. The Hall–Kier alpha value is -4.07. The Bertz CT molecular complexity index is 1460. The van der Waals surface area contributed by atoms with Crippen LogP contribution in [0.3, 0.4) is 0 Å². The number of carbonyl (C=O) groups excluding carboxylic acids is 1. The average molecular weight is 428 g/mol. The largest absolute Gasteiger partial charge is 0.294 e. The fourth-order valence-electron chi connectivity index (χ4n) is 4.53. The molecule has 160 valence electrons. The third kappa shape index (κ3) is 3.03. The third-order valence-electron chi connectivity index (χ3n) is 5.86. The lowest BCUT2D eigenvalue weighted by molar-refractivity contribution is -0.384. The van der Waals surface area contributed by atoms with E-state index in [1.165, 1.54) is 10.7 Å². The van der Waals surface area contributed by atoms with Crippen LogP contribution >= 0.6 is 0 Å². The summed E-state index contributed by atoms with van der Waals surface area (Å²) in [5.74, 6) is -0.161. The van der Waals surface area contributed by atoms with Gasteiger partial charge in [-0.05, 0) is 30.0 Å². The monoisotopic (exact) mass is 428 g/mol. The second-order valence-electron chi connectivity index (χ2n) is 8.84. The molecule has 0 fully saturated rings. The van der Waals surface area contributed by atoms with Crippen LogP contribution in [-0.2, 0) is 6.42 Å². The van der Waals surface area contributed by atoms with E-state index in [4.69, 9.17) is 0 Å². The molecule has 0 saturated heterocycles.